The van der Waals surface area contributed by atoms with Crippen molar-refractivity contribution in [2.45, 2.75) is 89.3 Å². The molecule has 1 fully saturated rings. The molecule has 2 aromatic rings. The van der Waals surface area contributed by atoms with Crippen LogP contribution in [0.2, 0.25) is 0 Å². The number of aryl methyl sites for hydroxylation is 1. The number of amides is 4. The van der Waals surface area contributed by atoms with Crippen LogP contribution in [0.15, 0.2) is 35.2 Å². The van der Waals surface area contributed by atoms with Gasteiger partial charge in [0.2, 0.25) is 29.5 Å². The quantitative estimate of drug-likeness (QED) is 0.0475. The first-order valence-electron chi connectivity index (χ1n) is 17.8. The maximum Gasteiger partial charge on any atom is 0.226 e. The van der Waals surface area contributed by atoms with Gasteiger partial charge in [0.1, 0.15) is 6.23 Å². The largest absolute Gasteiger partial charge is 0.494 e. The summed E-state index contributed by atoms with van der Waals surface area (Å²) in [5.74, 6) is 0.305. The summed E-state index contributed by atoms with van der Waals surface area (Å²) in [7, 11) is 0. The van der Waals surface area contributed by atoms with Crippen LogP contribution in [0.25, 0.3) is 0 Å². The molecular weight excluding hydrogens is 678 g/mol. The van der Waals surface area contributed by atoms with Gasteiger partial charge < -0.3 is 45.6 Å². The Hall–Kier alpha value is -3.79. The van der Waals surface area contributed by atoms with Gasteiger partial charge in [0.25, 0.3) is 0 Å². The maximum atomic E-state index is 12.3. The van der Waals surface area contributed by atoms with Gasteiger partial charge in [-0.05, 0) is 42.9 Å². The molecule has 6 N–H and O–H groups in total. The molecule has 2 heterocycles. The number of benzene rings is 1. The third-order valence-corrected chi connectivity index (χ3v) is 9.30. The standard InChI is InChI=1S/C36H55N5O9S/c1-26(2)5-3-4-16-37-31(43)15-24-51-29-25-35(47)41(36(29)48)18-12-30(42)38-17-21-50-23-22-49-20-14-32(44)39-28-9-6-27(7-10-28)8-11-33(45)40-19-13-34(40)46/h6-7,9-10,25-26,33,45,47-48H,3-5,8,11-24H2,1-2H3,(H,37,43)(H,38,42)(H,39,44). The molecule has 15 heteroatoms. The highest BCUT2D eigenvalue weighted by atomic mass is 32.2. The number of carbonyl (C=O) groups excluding carboxylic acids is 4. The number of rotatable bonds is 26. The lowest BCUT2D eigenvalue weighted by Gasteiger charge is -2.35. The Bertz CT molecular complexity index is 1390. The van der Waals surface area contributed by atoms with Gasteiger partial charge >= 0.3 is 0 Å². The van der Waals surface area contributed by atoms with Gasteiger partial charge in [-0.3, -0.25) is 23.7 Å². The molecule has 0 spiro atoms. The van der Waals surface area contributed by atoms with Crippen molar-refractivity contribution in [3.8, 4) is 11.8 Å². The Labute approximate surface area is 304 Å². The minimum absolute atomic E-state index is 0.0193. The predicted molar refractivity (Wildman–Crippen MR) is 194 cm³/mol. The maximum absolute atomic E-state index is 12.3. The van der Waals surface area contributed by atoms with Crippen LogP contribution < -0.4 is 16.0 Å². The summed E-state index contributed by atoms with van der Waals surface area (Å²) in [5, 5.41) is 39.3. The van der Waals surface area contributed by atoms with E-state index >= 15 is 0 Å². The summed E-state index contributed by atoms with van der Waals surface area (Å²) < 4.78 is 12.2. The normalized spacial score (nSPS) is 13.3. The second-order valence-electron chi connectivity index (χ2n) is 12.9. The third kappa shape index (κ3) is 16.0. The first-order valence-corrected chi connectivity index (χ1v) is 18.8. The van der Waals surface area contributed by atoms with Crippen LogP contribution in [-0.2, 0) is 41.6 Å². The number of ether oxygens (including phenoxy) is 2. The Kier molecular flexibility index (Phi) is 18.7. The molecule has 1 unspecified atom stereocenters. The second kappa shape index (κ2) is 22.9. The van der Waals surface area contributed by atoms with Crippen molar-refractivity contribution in [1.29, 1.82) is 0 Å². The molecule has 0 aliphatic carbocycles. The number of aromatic nitrogens is 1. The zero-order valence-corrected chi connectivity index (χ0v) is 30.7. The summed E-state index contributed by atoms with van der Waals surface area (Å²) >= 11 is 1.27. The summed E-state index contributed by atoms with van der Waals surface area (Å²) in [6.07, 6.45) is 4.52. The van der Waals surface area contributed by atoms with Crippen molar-refractivity contribution >= 4 is 41.1 Å². The summed E-state index contributed by atoms with van der Waals surface area (Å²) in [6.45, 7) is 7.07. The number of hydrogen-bond donors (Lipinski definition) is 6. The van der Waals surface area contributed by atoms with E-state index in [9.17, 15) is 34.5 Å². The fourth-order valence-corrected chi connectivity index (χ4v) is 6.14. The Balaban J connectivity index is 1.16. The fourth-order valence-electron chi connectivity index (χ4n) is 5.20. The van der Waals surface area contributed by atoms with E-state index in [1.165, 1.54) is 27.3 Å². The lowest BCUT2D eigenvalue weighted by molar-refractivity contribution is -0.153. The Morgan fingerprint density at radius 2 is 1.59 bits per heavy atom. The molecule has 1 aromatic heterocycles. The average Bonchev–Trinajstić information content (AvgIpc) is 3.36. The number of carbonyl (C=O) groups is 4. The van der Waals surface area contributed by atoms with Crippen LogP contribution in [0.4, 0.5) is 5.69 Å². The van der Waals surface area contributed by atoms with Crippen LogP contribution >= 0.6 is 11.8 Å². The van der Waals surface area contributed by atoms with E-state index in [2.05, 4.69) is 29.8 Å². The zero-order chi connectivity index (χ0) is 37.0. The molecule has 1 aliphatic heterocycles. The minimum atomic E-state index is -0.760. The summed E-state index contributed by atoms with van der Waals surface area (Å²) in [4.78, 5) is 49.9. The van der Waals surface area contributed by atoms with Crippen molar-refractivity contribution in [2.24, 2.45) is 5.92 Å². The molecule has 4 amide bonds. The molecule has 0 saturated carbocycles. The monoisotopic (exact) mass is 733 g/mol. The van der Waals surface area contributed by atoms with Crippen LogP contribution in [-0.4, -0.2) is 106 Å². The van der Waals surface area contributed by atoms with E-state index in [0.29, 0.717) is 74.2 Å². The van der Waals surface area contributed by atoms with Gasteiger partial charge in [-0.2, -0.15) is 0 Å². The number of unbranched alkanes of at least 4 members (excludes halogenated alkanes) is 1. The van der Waals surface area contributed by atoms with E-state index in [4.69, 9.17) is 9.47 Å². The van der Waals surface area contributed by atoms with Crippen LogP contribution in [0, 0.1) is 5.92 Å². The van der Waals surface area contributed by atoms with Gasteiger partial charge in [0, 0.05) is 62.9 Å². The number of hydrogen-bond acceptors (Lipinski definition) is 10. The van der Waals surface area contributed by atoms with E-state index in [-0.39, 0.29) is 74.5 Å². The van der Waals surface area contributed by atoms with E-state index in [0.717, 1.165) is 24.8 Å². The average molecular weight is 734 g/mol. The molecule has 1 aliphatic rings. The molecule has 0 radical (unpaired) electrons. The van der Waals surface area contributed by atoms with Crippen molar-refractivity contribution in [2.75, 3.05) is 57.1 Å². The fraction of sp³-hybridized carbons (Fsp3) is 0.611. The van der Waals surface area contributed by atoms with Crippen LogP contribution in [0.1, 0.15) is 70.8 Å². The highest BCUT2D eigenvalue weighted by molar-refractivity contribution is 7.99. The molecule has 14 nitrogen and oxygen atoms in total. The van der Waals surface area contributed by atoms with Gasteiger partial charge in [0.15, 0.2) is 5.88 Å². The van der Waals surface area contributed by atoms with Gasteiger partial charge in [-0.1, -0.05) is 38.8 Å². The predicted octanol–water partition coefficient (Wildman–Crippen LogP) is 3.38. The van der Waals surface area contributed by atoms with Gasteiger partial charge in [0.05, 0.1) is 37.7 Å². The van der Waals surface area contributed by atoms with E-state index in [1.54, 1.807) is 12.1 Å². The molecule has 1 saturated heterocycles. The Morgan fingerprint density at radius 1 is 0.882 bits per heavy atom. The second-order valence-corrected chi connectivity index (χ2v) is 14.0. The number of β-lactam (4-membered cyclic amide) rings is 1. The van der Waals surface area contributed by atoms with E-state index < -0.39 is 6.23 Å². The van der Waals surface area contributed by atoms with Crippen molar-refractivity contribution in [3.63, 3.8) is 0 Å². The minimum Gasteiger partial charge on any atom is -0.494 e. The topological polar surface area (TPSA) is 192 Å². The molecule has 1 aromatic carbocycles. The third-order valence-electron chi connectivity index (χ3n) is 8.28. The van der Waals surface area contributed by atoms with Gasteiger partial charge in [-0.15, -0.1) is 11.8 Å². The molecule has 284 valence electrons. The first kappa shape index (κ1) is 41.6. The smallest absolute Gasteiger partial charge is 0.226 e. The molecule has 0 bridgehead atoms. The highest BCUT2D eigenvalue weighted by Gasteiger charge is 2.29. The number of anilines is 1. The first-order chi connectivity index (χ1) is 24.5. The molecule has 3 rings (SSSR count). The molecule has 1 atom stereocenters. The highest BCUT2D eigenvalue weighted by Crippen LogP contribution is 2.35. The number of thioether (sulfide) groups is 1. The number of aliphatic hydroxyl groups is 1. The van der Waals surface area contributed by atoms with Crippen molar-refractivity contribution in [3.05, 3.63) is 35.9 Å². The Morgan fingerprint density at radius 3 is 2.27 bits per heavy atom. The van der Waals surface area contributed by atoms with Gasteiger partial charge in [-0.25, -0.2) is 0 Å². The van der Waals surface area contributed by atoms with Crippen molar-refractivity contribution in [1.82, 2.24) is 20.1 Å². The zero-order valence-electron chi connectivity index (χ0n) is 29.9. The van der Waals surface area contributed by atoms with Crippen molar-refractivity contribution < 1.29 is 44.0 Å². The molecular formula is C36H55N5O9S. The molecule has 51 heavy (non-hydrogen) atoms. The lowest BCUT2D eigenvalue weighted by atomic mass is 10.1. The number of aromatic hydroxyl groups is 2. The van der Waals surface area contributed by atoms with Crippen LogP contribution in [0.5, 0.6) is 11.8 Å². The number of nitrogens with one attached hydrogen (secondary N) is 3. The lowest BCUT2D eigenvalue weighted by Crippen LogP contribution is -2.50. The number of nitrogens with zero attached hydrogens (tertiary/aromatic N) is 2. The summed E-state index contributed by atoms with van der Waals surface area (Å²) in [5.41, 5.74) is 1.66. The number of likely N-dealkylation sites (tertiary alicyclic amines) is 1. The summed E-state index contributed by atoms with van der Waals surface area (Å²) in [6, 6.07) is 8.79. The SMILES string of the molecule is CC(C)CCCCNC(=O)CCSc1cc(O)n(CCC(=O)NCCOCCOCCC(=O)Nc2ccc(CCC(O)N3CCC3=O)cc2)c1O. The van der Waals surface area contributed by atoms with E-state index in [1.807, 2.05) is 12.1 Å². The number of aliphatic hydroxyl groups excluding tert-OH is 1. The van der Waals surface area contributed by atoms with Crippen LogP contribution in [0.3, 0.4) is 0 Å².